The second kappa shape index (κ2) is 5.02. The fraction of sp³-hybridized carbons (Fsp3) is 0.133. The molecule has 0 fully saturated rings. The Bertz CT molecular complexity index is 559. The maximum absolute atomic E-state index is 12.0. The largest absolute Gasteiger partial charge is 0.280 e. The molecule has 0 spiro atoms. The highest BCUT2D eigenvalue weighted by molar-refractivity contribution is 6.00. The molecular weight excluding hydrogens is 224 g/mol. The van der Waals surface area contributed by atoms with E-state index < -0.39 is 0 Å². The lowest BCUT2D eigenvalue weighted by molar-refractivity contribution is 0.0796. The molecule has 0 unspecified atom stereocenters. The second-order valence-corrected chi connectivity index (χ2v) is 4.33. The summed E-state index contributed by atoms with van der Waals surface area (Å²) in [4.78, 5) is 12.0. The van der Waals surface area contributed by atoms with Crippen LogP contribution in [-0.2, 0) is 0 Å². The number of benzene rings is 2. The molecular formula is C15H16N2O. The van der Waals surface area contributed by atoms with Crippen LogP contribution in [0.3, 0.4) is 0 Å². The van der Waals surface area contributed by atoms with E-state index in [4.69, 9.17) is 5.84 Å². The van der Waals surface area contributed by atoms with Crippen LogP contribution in [0.15, 0.2) is 48.5 Å². The van der Waals surface area contributed by atoms with Gasteiger partial charge in [-0.1, -0.05) is 48.0 Å². The molecule has 0 heterocycles. The van der Waals surface area contributed by atoms with Crippen LogP contribution in [-0.4, -0.2) is 18.0 Å². The van der Waals surface area contributed by atoms with E-state index in [-0.39, 0.29) is 5.91 Å². The summed E-state index contributed by atoms with van der Waals surface area (Å²) < 4.78 is 0. The zero-order chi connectivity index (χ0) is 13.1. The first-order valence-electron chi connectivity index (χ1n) is 5.78. The van der Waals surface area contributed by atoms with Gasteiger partial charge in [0.2, 0.25) is 0 Å². The van der Waals surface area contributed by atoms with Crippen LogP contribution in [0.4, 0.5) is 0 Å². The molecule has 1 amide bonds. The molecule has 3 nitrogen and oxygen atoms in total. The molecule has 0 aliphatic rings. The van der Waals surface area contributed by atoms with E-state index in [9.17, 15) is 4.79 Å². The summed E-state index contributed by atoms with van der Waals surface area (Å²) in [5.74, 6) is 5.33. The van der Waals surface area contributed by atoms with Gasteiger partial charge in [-0.25, -0.2) is 5.84 Å². The molecule has 2 rings (SSSR count). The van der Waals surface area contributed by atoms with Crippen LogP contribution in [0.1, 0.15) is 15.9 Å². The van der Waals surface area contributed by atoms with Crippen LogP contribution < -0.4 is 5.84 Å². The maximum atomic E-state index is 12.0. The van der Waals surface area contributed by atoms with Gasteiger partial charge in [-0.2, -0.15) is 0 Å². The standard InChI is InChI=1S/C15H16N2O/c1-11-7-9-12(10-8-11)13-5-3-4-6-14(13)15(18)17(2)16/h3-10H,16H2,1-2H3. The maximum Gasteiger partial charge on any atom is 0.268 e. The molecule has 0 bridgehead atoms. The van der Waals surface area contributed by atoms with Gasteiger partial charge in [0.05, 0.1) is 0 Å². The first-order valence-corrected chi connectivity index (χ1v) is 5.78. The van der Waals surface area contributed by atoms with E-state index in [0.29, 0.717) is 5.56 Å². The molecule has 18 heavy (non-hydrogen) atoms. The van der Waals surface area contributed by atoms with Crippen molar-refractivity contribution in [3.63, 3.8) is 0 Å². The van der Waals surface area contributed by atoms with E-state index in [1.165, 1.54) is 5.56 Å². The number of nitrogens with two attached hydrogens (primary N) is 1. The average molecular weight is 240 g/mol. The average Bonchev–Trinajstić information content (AvgIpc) is 2.39. The van der Waals surface area contributed by atoms with Gasteiger partial charge in [0.15, 0.2) is 0 Å². The van der Waals surface area contributed by atoms with Crippen molar-refractivity contribution in [2.24, 2.45) is 5.84 Å². The lowest BCUT2D eigenvalue weighted by Gasteiger charge is -2.13. The summed E-state index contributed by atoms with van der Waals surface area (Å²) in [6.45, 7) is 2.04. The number of carbonyl (C=O) groups is 1. The number of hydrogen-bond acceptors (Lipinski definition) is 2. The van der Waals surface area contributed by atoms with Crippen molar-refractivity contribution in [1.82, 2.24) is 5.01 Å². The van der Waals surface area contributed by atoms with Gasteiger partial charge in [-0.3, -0.25) is 9.80 Å². The monoisotopic (exact) mass is 240 g/mol. The summed E-state index contributed by atoms with van der Waals surface area (Å²) in [6, 6.07) is 15.6. The van der Waals surface area contributed by atoms with Crippen LogP contribution in [0, 0.1) is 6.92 Å². The van der Waals surface area contributed by atoms with Crippen molar-refractivity contribution >= 4 is 5.91 Å². The van der Waals surface area contributed by atoms with Crippen LogP contribution in [0.25, 0.3) is 11.1 Å². The van der Waals surface area contributed by atoms with Gasteiger partial charge in [-0.15, -0.1) is 0 Å². The van der Waals surface area contributed by atoms with Crippen molar-refractivity contribution in [1.29, 1.82) is 0 Å². The number of carbonyl (C=O) groups excluding carboxylic acids is 1. The minimum Gasteiger partial charge on any atom is -0.280 e. The van der Waals surface area contributed by atoms with Crippen molar-refractivity contribution in [2.75, 3.05) is 7.05 Å². The summed E-state index contributed by atoms with van der Waals surface area (Å²) >= 11 is 0. The molecule has 0 atom stereocenters. The summed E-state index contributed by atoms with van der Waals surface area (Å²) in [6.07, 6.45) is 0. The first-order chi connectivity index (χ1) is 8.59. The predicted octanol–water partition coefficient (Wildman–Crippen LogP) is 2.61. The molecule has 3 heteroatoms. The van der Waals surface area contributed by atoms with Gasteiger partial charge in [0.25, 0.3) is 5.91 Å². The number of hydrazine groups is 1. The number of rotatable bonds is 2. The van der Waals surface area contributed by atoms with Crippen molar-refractivity contribution in [2.45, 2.75) is 6.92 Å². The smallest absolute Gasteiger partial charge is 0.268 e. The molecule has 0 saturated carbocycles. The van der Waals surface area contributed by atoms with Gasteiger partial charge in [0.1, 0.15) is 0 Å². The van der Waals surface area contributed by atoms with Crippen molar-refractivity contribution < 1.29 is 4.79 Å². The van der Waals surface area contributed by atoms with E-state index in [1.807, 2.05) is 49.4 Å². The van der Waals surface area contributed by atoms with Gasteiger partial charge in [-0.05, 0) is 24.1 Å². The molecule has 0 aromatic heterocycles. The second-order valence-electron chi connectivity index (χ2n) is 4.33. The zero-order valence-corrected chi connectivity index (χ0v) is 10.6. The van der Waals surface area contributed by atoms with E-state index in [1.54, 1.807) is 13.1 Å². The number of aryl methyl sites for hydroxylation is 1. The van der Waals surface area contributed by atoms with Crippen LogP contribution in [0.2, 0.25) is 0 Å². The predicted molar refractivity (Wildman–Crippen MR) is 72.9 cm³/mol. The summed E-state index contributed by atoms with van der Waals surface area (Å²) in [7, 11) is 1.55. The number of hydrogen-bond donors (Lipinski definition) is 1. The third-order valence-electron chi connectivity index (χ3n) is 2.84. The minimum atomic E-state index is -0.189. The lowest BCUT2D eigenvalue weighted by Crippen LogP contribution is -2.33. The Morgan fingerprint density at radius 3 is 2.28 bits per heavy atom. The Morgan fingerprint density at radius 2 is 1.67 bits per heavy atom. The third kappa shape index (κ3) is 2.41. The Morgan fingerprint density at radius 1 is 1.06 bits per heavy atom. The normalized spacial score (nSPS) is 10.2. The Hall–Kier alpha value is -2.13. The molecule has 2 aromatic carbocycles. The lowest BCUT2D eigenvalue weighted by atomic mass is 9.98. The molecule has 92 valence electrons. The quantitative estimate of drug-likeness (QED) is 0.498. The highest BCUT2D eigenvalue weighted by Crippen LogP contribution is 2.24. The molecule has 2 aromatic rings. The van der Waals surface area contributed by atoms with Gasteiger partial charge in [0, 0.05) is 12.6 Å². The van der Waals surface area contributed by atoms with Crippen LogP contribution >= 0.6 is 0 Å². The van der Waals surface area contributed by atoms with Crippen molar-refractivity contribution in [3.8, 4) is 11.1 Å². The third-order valence-corrected chi connectivity index (χ3v) is 2.84. The minimum absolute atomic E-state index is 0.189. The molecule has 0 aliphatic carbocycles. The Balaban J connectivity index is 2.51. The summed E-state index contributed by atoms with van der Waals surface area (Å²) in [5.41, 5.74) is 3.73. The molecule has 0 saturated heterocycles. The van der Waals surface area contributed by atoms with E-state index in [2.05, 4.69) is 0 Å². The summed E-state index contributed by atoms with van der Waals surface area (Å²) in [5, 5.41) is 1.10. The first kappa shape index (κ1) is 12.3. The molecule has 0 aliphatic heterocycles. The molecule has 2 N–H and O–H groups in total. The fourth-order valence-corrected chi connectivity index (χ4v) is 1.84. The Kier molecular flexibility index (Phi) is 3.44. The van der Waals surface area contributed by atoms with E-state index >= 15 is 0 Å². The topological polar surface area (TPSA) is 46.3 Å². The number of amides is 1. The highest BCUT2D eigenvalue weighted by Gasteiger charge is 2.13. The van der Waals surface area contributed by atoms with Gasteiger partial charge >= 0.3 is 0 Å². The zero-order valence-electron chi connectivity index (χ0n) is 10.6. The van der Waals surface area contributed by atoms with Crippen LogP contribution in [0.5, 0.6) is 0 Å². The van der Waals surface area contributed by atoms with E-state index in [0.717, 1.165) is 16.1 Å². The fourth-order valence-electron chi connectivity index (χ4n) is 1.84. The highest BCUT2D eigenvalue weighted by atomic mass is 16.2. The Labute approximate surface area is 107 Å². The van der Waals surface area contributed by atoms with Crippen molar-refractivity contribution in [3.05, 3.63) is 59.7 Å². The SMILES string of the molecule is Cc1ccc(-c2ccccc2C(=O)N(C)N)cc1. The van der Waals surface area contributed by atoms with Gasteiger partial charge < -0.3 is 0 Å². The molecule has 0 radical (unpaired) electrons. The number of nitrogens with zero attached hydrogens (tertiary/aromatic N) is 1.